The van der Waals surface area contributed by atoms with Gasteiger partial charge in [0.1, 0.15) is 24.7 Å². The highest BCUT2D eigenvalue weighted by atomic mass is 32.1. The van der Waals surface area contributed by atoms with Crippen LogP contribution in [-0.4, -0.2) is 59.5 Å². The lowest BCUT2D eigenvalue weighted by atomic mass is 9.98. The predicted molar refractivity (Wildman–Crippen MR) is 153 cm³/mol. The first-order chi connectivity index (χ1) is 19.3. The van der Waals surface area contributed by atoms with Crippen LogP contribution >= 0.6 is 12.6 Å². The summed E-state index contributed by atoms with van der Waals surface area (Å²) in [6, 6.07) is 21.8. The van der Waals surface area contributed by atoms with Crippen molar-refractivity contribution in [2.24, 2.45) is 0 Å². The Kier molecular flexibility index (Phi) is 9.44. The fraction of sp³-hybridized carbons (Fsp3) is 0.267. The second-order valence-electron chi connectivity index (χ2n) is 9.52. The number of aliphatic carboxylic acids is 1. The Hall–Kier alpha value is -4.31. The van der Waals surface area contributed by atoms with Crippen molar-refractivity contribution in [1.29, 1.82) is 0 Å². The lowest BCUT2D eigenvalue weighted by molar-refractivity contribution is -0.141. The first kappa shape index (κ1) is 28.7. The van der Waals surface area contributed by atoms with Crippen molar-refractivity contribution < 1.29 is 29.0 Å². The number of ether oxygens (including phenoxy) is 1. The minimum atomic E-state index is -1.24. The van der Waals surface area contributed by atoms with Crippen LogP contribution in [0.15, 0.2) is 78.9 Å². The maximum absolute atomic E-state index is 13.2. The number of nitrogens with one attached hydrogen (secondary N) is 3. The third-order valence-corrected chi connectivity index (χ3v) is 7.15. The molecule has 0 saturated heterocycles. The molecule has 3 atom stereocenters. The highest BCUT2D eigenvalue weighted by molar-refractivity contribution is 7.80. The molecule has 0 aromatic heterocycles. The zero-order valence-corrected chi connectivity index (χ0v) is 22.8. The van der Waals surface area contributed by atoms with Gasteiger partial charge in [0.05, 0.1) is 0 Å². The van der Waals surface area contributed by atoms with E-state index in [1.54, 1.807) is 0 Å². The van der Waals surface area contributed by atoms with Gasteiger partial charge >= 0.3 is 12.1 Å². The SMILES string of the molecule is C[C@H](NC(=O)[C@H](Cc1ccccc1)NC(=O)OCC1c2ccccc2-c2ccccc21)C(=O)N[C@@H](CS)C(=O)O. The minimum Gasteiger partial charge on any atom is -0.480 e. The molecule has 1 aliphatic carbocycles. The Morgan fingerprint density at radius 3 is 1.95 bits per heavy atom. The van der Waals surface area contributed by atoms with E-state index in [4.69, 9.17) is 9.84 Å². The van der Waals surface area contributed by atoms with Gasteiger partial charge in [0.25, 0.3) is 0 Å². The average Bonchev–Trinajstić information content (AvgIpc) is 3.28. The van der Waals surface area contributed by atoms with Crippen LogP contribution in [-0.2, 0) is 25.5 Å². The molecule has 0 unspecified atom stereocenters. The fourth-order valence-corrected chi connectivity index (χ4v) is 4.95. The number of alkyl carbamates (subject to hydrolysis) is 1. The normalized spacial score (nSPS) is 14.2. The molecule has 0 bridgehead atoms. The number of amides is 3. The van der Waals surface area contributed by atoms with E-state index >= 15 is 0 Å². The highest BCUT2D eigenvalue weighted by Gasteiger charge is 2.31. The van der Waals surface area contributed by atoms with E-state index in [0.29, 0.717) is 0 Å². The van der Waals surface area contributed by atoms with Crippen LogP contribution in [0.5, 0.6) is 0 Å². The molecule has 9 nitrogen and oxygen atoms in total. The molecule has 208 valence electrons. The number of benzene rings is 3. The second-order valence-corrected chi connectivity index (χ2v) is 9.89. The molecule has 0 saturated carbocycles. The van der Waals surface area contributed by atoms with E-state index in [1.165, 1.54) is 6.92 Å². The first-order valence-electron chi connectivity index (χ1n) is 12.9. The number of carbonyl (C=O) groups is 4. The number of fused-ring (bicyclic) bond motifs is 3. The number of carboxylic acid groups (broad SMARTS) is 1. The summed E-state index contributed by atoms with van der Waals surface area (Å²) in [7, 11) is 0. The second kappa shape index (κ2) is 13.2. The molecule has 1 aliphatic rings. The molecule has 40 heavy (non-hydrogen) atoms. The Bertz CT molecular complexity index is 1340. The topological polar surface area (TPSA) is 134 Å². The van der Waals surface area contributed by atoms with Gasteiger partial charge < -0.3 is 25.8 Å². The summed E-state index contributed by atoms with van der Waals surface area (Å²) in [6.45, 7) is 1.51. The average molecular weight is 562 g/mol. The van der Waals surface area contributed by atoms with Gasteiger partial charge in [0.2, 0.25) is 11.8 Å². The van der Waals surface area contributed by atoms with Crippen molar-refractivity contribution in [3.05, 3.63) is 95.6 Å². The summed E-state index contributed by atoms with van der Waals surface area (Å²) >= 11 is 3.93. The molecular formula is C30H31N3O6S. The third kappa shape index (κ3) is 6.81. The van der Waals surface area contributed by atoms with Gasteiger partial charge in [-0.25, -0.2) is 9.59 Å². The number of hydrogen-bond acceptors (Lipinski definition) is 6. The molecule has 3 aromatic carbocycles. The molecule has 0 radical (unpaired) electrons. The molecule has 4 N–H and O–H groups in total. The van der Waals surface area contributed by atoms with Crippen LogP contribution in [0.1, 0.15) is 29.5 Å². The lowest BCUT2D eigenvalue weighted by Crippen LogP contribution is -2.55. The largest absolute Gasteiger partial charge is 0.480 e. The predicted octanol–water partition coefficient (Wildman–Crippen LogP) is 3.14. The van der Waals surface area contributed by atoms with Crippen molar-refractivity contribution in [2.75, 3.05) is 12.4 Å². The van der Waals surface area contributed by atoms with Crippen LogP contribution < -0.4 is 16.0 Å². The van der Waals surface area contributed by atoms with Crippen LogP contribution in [0, 0.1) is 0 Å². The van der Waals surface area contributed by atoms with E-state index in [0.717, 1.165) is 27.8 Å². The van der Waals surface area contributed by atoms with E-state index in [1.807, 2.05) is 78.9 Å². The number of thiol groups is 1. The van der Waals surface area contributed by atoms with Gasteiger partial charge in [-0.05, 0) is 34.7 Å². The molecule has 10 heteroatoms. The van der Waals surface area contributed by atoms with Gasteiger partial charge in [-0.1, -0.05) is 78.9 Å². The summed E-state index contributed by atoms with van der Waals surface area (Å²) in [5.41, 5.74) is 5.12. The fourth-order valence-electron chi connectivity index (χ4n) is 4.70. The number of hydrogen-bond donors (Lipinski definition) is 5. The monoisotopic (exact) mass is 561 g/mol. The van der Waals surface area contributed by atoms with Gasteiger partial charge in [-0.3, -0.25) is 9.59 Å². The first-order valence-corrected chi connectivity index (χ1v) is 13.5. The summed E-state index contributed by atoms with van der Waals surface area (Å²) in [5, 5.41) is 16.7. The molecule has 0 aliphatic heterocycles. The highest BCUT2D eigenvalue weighted by Crippen LogP contribution is 2.44. The Labute approximate surface area is 237 Å². The van der Waals surface area contributed by atoms with Gasteiger partial charge in [-0.2, -0.15) is 12.6 Å². The molecule has 4 rings (SSSR count). The molecule has 0 heterocycles. The van der Waals surface area contributed by atoms with E-state index in [9.17, 15) is 19.2 Å². The van der Waals surface area contributed by atoms with E-state index in [2.05, 4.69) is 28.6 Å². The van der Waals surface area contributed by atoms with Crippen molar-refractivity contribution >= 4 is 36.5 Å². The summed E-state index contributed by atoms with van der Waals surface area (Å²) in [4.78, 5) is 49.8. The van der Waals surface area contributed by atoms with Gasteiger partial charge in [0.15, 0.2) is 0 Å². The van der Waals surface area contributed by atoms with Crippen molar-refractivity contribution in [1.82, 2.24) is 16.0 Å². The van der Waals surface area contributed by atoms with Crippen molar-refractivity contribution in [2.45, 2.75) is 37.4 Å². The Morgan fingerprint density at radius 1 is 0.800 bits per heavy atom. The van der Waals surface area contributed by atoms with Gasteiger partial charge in [0, 0.05) is 18.1 Å². The standard InChI is InChI=1S/C30H31N3O6S/c1-18(27(34)32-26(17-40)29(36)37)31-28(35)25(15-19-9-3-2-4-10-19)33-30(38)39-16-24-22-13-7-5-11-20(22)21-12-6-8-14-23(21)24/h2-14,18,24-26,40H,15-17H2,1H3,(H,31,35)(H,32,34)(H,33,38)(H,36,37)/t18-,25-,26-/m0/s1. The zero-order chi connectivity index (χ0) is 28.6. The molecule has 0 fully saturated rings. The van der Waals surface area contributed by atoms with Crippen molar-refractivity contribution in [3.8, 4) is 11.1 Å². The van der Waals surface area contributed by atoms with Crippen LogP contribution in [0.3, 0.4) is 0 Å². The maximum atomic E-state index is 13.2. The lowest BCUT2D eigenvalue weighted by Gasteiger charge is -2.22. The van der Waals surface area contributed by atoms with Crippen LogP contribution in [0.25, 0.3) is 11.1 Å². The third-order valence-electron chi connectivity index (χ3n) is 6.78. The summed E-state index contributed by atoms with van der Waals surface area (Å²) < 4.78 is 5.62. The van der Waals surface area contributed by atoms with Crippen LogP contribution in [0.4, 0.5) is 4.79 Å². The molecule has 0 spiro atoms. The summed E-state index contributed by atoms with van der Waals surface area (Å²) in [5.74, 6) is -2.79. The Morgan fingerprint density at radius 2 is 1.38 bits per heavy atom. The number of carboxylic acids is 1. The summed E-state index contributed by atoms with van der Waals surface area (Å²) in [6.07, 6.45) is -0.615. The number of rotatable bonds is 11. The molecule has 3 amide bonds. The molecular weight excluding hydrogens is 530 g/mol. The van der Waals surface area contributed by atoms with Gasteiger partial charge in [-0.15, -0.1) is 0 Å². The Balaban J connectivity index is 1.43. The van der Waals surface area contributed by atoms with Crippen LogP contribution in [0.2, 0.25) is 0 Å². The minimum absolute atomic E-state index is 0.0820. The smallest absolute Gasteiger partial charge is 0.407 e. The van der Waals surface area contributed by atoms with E-state index in [-0.39, 0.29) is 24.7 Å². The zero-order valence-electron chi connectivity index (χ0n) is 21.9. The van der Waals surface area contributed by atoms with Crippen molar-refractivity contribution in [3.63, 3.8) is 0 Å². The molecule has 3 aromatic rings. The maximum Gasteiger partial charge on any atom is 0.407 e. The quantitative estimate of drug-likeness (QED) is 0.229. The number of carbonyl (C=O) groups excluding carboxylic acids is 3. The van der Waals surface area contributed by atoms with E-state index < -0.39 is 42.0 Å².